The van der Waals surface area contributed by atoms with Crippen LogP contribution in [-0.4, -0.2) is 28.1 Å². The lowest BCUT2D eigenvalue weighted by Gasteiger charge is -2.22. The molecule has 5 N–H and O–H groups in total. The van der Waals surface area contributed by atoms with E-state index < -0.39 is 6.10 Å². The zero-order valence-electron chi connectivity index (χ0n) is 11.1. The van der Waals surface area contributed by atoms with E-state index in [1.54, 1.807) is 12.3 Å². The molecule has 1 aromatic rings. The standard InChI is InChI=1S/C13H19BrN4O2/c14-8-6-9(12(18-15)16-7-8)13(20)17-10-4-2-1-3-5-11(10)19/h6-7,10-11,19H,1-5,15H2,(H,16,18)(H,17,20). The fourth-order valence-corrected chi connectivity index (χ4v) is 2.76. The molecular formula is C13H19BrN4O2. The topological polar surface area (TPSA) is 100 Å². The largest absolute Gasteiger partial charge is 0.391 e. The van der Waals surface area contributed by atoms with Gasteiger partial charge >= 0.3 is 0 Å². The third kappa shape index (κ3) is 3.68. The Kier molecular flexibility index (Phi) is 5.33. The van der Waals surface area contributed by atoms with Gasteiger partial charge in [-0.2, -0.15) is 0 Å². The Balaban J connectivity index is 2.12. The molecule has 110 valence electrons. The van der Waals surface area contributed by atoms with Crippen LogP contribution in [0.3, 0.4) is 0 Å². The van der Waals surface area contributed by atoms with E-state index in [2.05, 4.69) is 31.7 Å². The van der Waals surface area contributed by atoms with Gasteiger partial charge in [-0.3, -0.25) is 4.79 Å². The van der Waals surface area contributed by atoms with E-state index in [9.17, 15) is 9.90 Å². The first-order valence-corrected chi connectivity index (χ1v) is 7.52. The van der Waals surface area contributed by atoms with E-state index in [0.29, 0.717) is 15.9 Å². The molecule has 1 amide bonds. The zero-order chi connectivity index (χ0) is 14.5. The number of carbonyl (C=O) groups excluding carboxylic acids is 1. The first-order chi connectivity index (χ1) is 9.61. The summed E-state index contributed by atoms with van der Waals surface area (Å²) in [5.74, 6) is 5.40. The number of rotatable bonds is 3. The predicted molar refractivity (Wildman–Crippen MR) is 80.1 cm³/mol. The van der Waals surface area contributed by atoms with E-state index in [1.807, 2.05) is 0 Å². The van der Waals surface area contributed by atoms with Crippen LogP contribution in [-0.2, 0) is 0 Å². The van der Waals surface area contributed by atoms with Crippen molar-refractivity contribution >= 4 is 27.7 Å². The van der Waals surface area contributed by atoms with Gasteiger partial charge in [0.25, 0.3) is 5.91 Å². The number of halogens is 1. The minimum atomic E-state index is -0.490. The number of hydrogen-bond acceptors (Lipinski definition) is 5. The fourth-order valence-electron chi connectivity index (χ4n) is 2.43. The lowest BCUT2D eigenvalue weighted by molar-refractivity contribution is 0.0819. The van der Waals surface area contributed by atoms with Crippen LogP contribution in [0.2, 0.25) is 0 Å². The molecule has 2 rings (SSSR count). The number of aromatic nitrogens is 1. The third-order valence-corrected chi connectivity index (χ3v) is 3.97. The summed E-state index contributed by atoms with van der Waals surface area (Å²) >= 11 is 3.28. The maximum Gasteiger partial charge on any atom is 0.255 e. The number of aliphatic hydroxyl groups is 1. The molecule has 1 heterocycles. The number of carbonyl (C=O) groups is 1. The minimum Gasteiger partial charge on any atom is -0.391 e. The average molecular weight is 343 g/mol. The van der Waals surface area contributed by atoms with E-state index in [4.69, 9.17) is 5.84 Å². The summed E-state index contributed by atoms with van der Waals surface area (Å²) in [6.45, 7) is 0. The van der Waals surface area contributed by atoms with Gasteiger partial charge in [0.15, 0.2) is 5.82 Å². The van der Waals surface area contributed by atoms with Crippen molar-refractivity contribution in [3.8, 4) is 0 Å². The number of anilines is 1. The molecule has 0 spiro atoms. The molecule has 1 fully saturated rings. The SMILES string of the molecule is NNc1ncc(Br)cc1C(=O)NC1CCCCCC1O. The monoisotopic (exact) mass is 342 g/mol. The van der Waals surface area contributed by atoms with Crippen molar-refractivity contribution in [2.45, 2.75) is 44.2 Å². The summed E-state index contributed by atoms with van der Waals surface area (Å²) in [7, 11) is 0. The summed E-state index contributed by atoms with van der Waals surface area (Å²) < 4.78 is 0.697. The summed E-state index contributed by atoms with van der Waals surface area (Å²) in [6, 6.07) is 1.44. The molecule has 0 saturated heterocycles. The maximum absolute atomic E-state index is 12.3. The first-order valence-electron chi connectivity index (χ1n) is 6.73. The summed E-state index contributed by atoms with van der Waals surface area (Å²) in [5.41, 5.74) is 2.77. The molecule has 1 aromatic heterocycles. The minimum absolute atomic E-state index is 0.213. The van der Waals surface area contributed by atoms with Gasteiger partial charge in [-0.25, -0.2) is 10.8 Å². The second kappa shape index (κ2) is 7.01. The quantitative estimate of drug-likeness (QED) is 0.379. The van der Waals surface area contributed by atoms with E-state index in [1.165, 1.54) is 0 Å². The van der Waals surface area contributed by atoms with Crippen molar-refractivity contribution in [2.75, 3.05) is 5.43 Å². The van der Waals surface area contributed by atoms with Crippen molar-refractivity contribution in [3.63, 3.8) is 0 Å². The highest BCUT2D eigenvalue weighted by atomic mass is 79.9. The Labute approximate surface area is 126 Å². The van der Waals surface area contributed by atoms with Crippen LogP contribution in [0.1, 0.15) is 42.5 Å². The molecule has 6 nitrogen and oxygen atoms in total. The number of nitrogen functional groups attached to an aromatic ring is 1. The Hall–Kier alpha value is -1.18. The zero-order valence-corrected chi connectivity index (χ0v) is 12.7. The Morgan fingerprint density at radius 1 is 1.40 bits per heavy atom. The van der Waals surface area contributed by atoms with Gasteiger partial charge in [0.05, 0.1) is 17.7 Å². The molecule has 0 aromatic carbocycles. The van der Waals surface area contributed by atoms with Crippen molar-refractivity contribution < 1.29 is 9.90 Å². The number of amides is 1. The maximum atomic E-state index is 12.3. The van der Waals surface area contributed by atoms with Crippen LogP contribution in [0.25, 0.3) is 0 Å². The number of nitrogens with zero attached hydrogens (tertiary/aromatic N) is 1. The molecule has 1 aliphatic rings. The molecule has 1 aliphatic carbocycles. The van der Waals surface area contributed by atoms with Crippen LogP contribution < -0.4 is 16.6 Å². The molecule has 0 radical (unpaired) electrons. The molecule has 0 aliphatic heterocycles. The number of nitrogens with one attached hydrogen (secondary N) is 2. The smallest absolute Gasteiger partial charge is 0.255 e. The number of hydrogen-bond donors (Lipinski definition) is 4. The van der Waals surface area contributed by atoms with Crippen LogP contribution >= 0.6 is 15.9 Å². The van der Waals surface area contributed by atoms with Crippen LogP contribution in [0, 0.1) is 0 Å². The second-order valence-corrected chi connectivity index (χ2v) is 5.90. The molecular weight excluding hydrogens is 324 g/mol. The molecule has 1 saturated carbocycles. The number of aliphatic hydroxyl groups excluding tert-OH is 1. The van der Waals surface area contributed by atoms with E-state index in [-0.39, 0.29) is 11.9 Å². The highest BCUT2D eigenvalue weighted by molar-refractivity contribution is 9.10. The first kappa shape index (κ1) is 15.2. The van der Waals surface area contributed by atoms with Gasteiger partial charge in [-0.05, 0) is 34.8 Å². The van der Waals surface area contributed by atoms with Gasteiger partial charge in [-0.15, -0.1) is 0 Å². The molecule has 2 atom stereocenters. The highest BCUT2D eigenvalue weighted by Crippen LogP contribution is 2.21. The van der Waals surface area contributed by atoms with Gasteiger partial charge < -0.3 is 15.8 Å². The number of pyridine rings is 1. The fraction of sp³-hybridized carbons (Fsp3) is 0.538. The predicted octanol–water partition coefficient (Wildman–Crippen LogP) is 1.55. The van der Waals surface area contributed by atoms with Gasteiger partial charge in [0.2, 0.25) is 0 Å². The van der Waals surface area contributed by atoms with Gasteiger partial charge in [-0.1, -0.05) is 19.3 Å². The van der Waals surface area contributed by atoms with E-state index in [0.717, 1.165) is 32.1 Å². The van der Waals surface area contributed by atoms with Crippen molar-refractivity contribution in [3.05, 3.63) is 22.3 Å². The summed E-state index contributed by atoms with van der Waals surface area (Å²) in [5, 5.41) is 12.9. The van der Waals surface area contributed by atoms with Gasteiger partial charge in [0.1, 0.15) is 0 Å². The molecule has 7 heteroatoms. The summed E-state index contributed by atoms with van der Waals surface area (Å²) in [4.78, 5) is 16.4. The van der Waals surface area contributed by atoms with Crippen molar-refractivity contribution in [2.24, 2.45) is 5.84 Å². The third-order valence-electron chi connectivity index (χ3n) is 3.53. The van der Waals surface area contributed by atoms with Crippen LogP contribution in [0.15, 0.2) is 16.7 Å². The van der Waals surface area contributed by atoms with E-state index >= 15 is 0 Å². The van der Waals surface area contributed by atoms with Gasteiger partial charge in [0, 0.05) is 10.7 Å². The normalized spacial score (nSPS) is 22.9. The highest BCUT2D eigenvalue weighted by Gasteiger charge is 2.24. The molecule has 2 unspecified atom stereocenters. The molecule has 0 bridgehead atoms. The number of hydrazine groups is 1. The lowest BCUT2D eigenvalue weighted by atomic mass is 10.1. The Morgan fingerprint density at radius 2 is 2.15 bits per heavy atom. The lowest BCUT2D eigenvalue weighted by Crippen LogP contribution is -2.43. The average Bonchev–Trinajstić information content (AvgIpc) is 2.64. The van der Waals surface area contributed by atoms with Crippen LogP contribution in [0.5, 0.6) is 0 Å². The second-order valence-electron chi connectivity index (χ2n) is 4.98. The van der Waals surface area contributed by atoms with Crippen molar-refractivity contribution in [1.82, 2.24) is 10.3 Å². The molecule has 20 heavy (non-hydrogen) atoms. The van der Waals surface area contributed by atoms with Crippen LogP contribution in [0.4, 0.5) is 5.82 Å². The van der Waals surface area contributed by atoms with Crippen molar-refractivity contribution in [1.29, 1.82) is 0 Å². The number of nitrogens with two attached hydrogens (primary N) is 1. The Bertz CT molecular complexity index is 483. The Morgan fingerprint density at radius 3 is 2.90 bits per heavy atom. The summed E-state index contributed by atoms with van der Waals surface area (Å²) in [6.07, 6.45) is 5.70.